The SMILES string of the molecule is O=C(O)CC1(CSC2c3cc(C=Cc4ccc5cc(F)c(Cl)cc5n4)ccc3C=Cc3ncccc32)CC1. The van der Waals surface area contributed by atoms with Gasteiger partial charge in [-0.05, 0) is 83.0 Å². The monoisotopic (exact) mass is 542 g/mol. The van der Waals surface area contributed by atoms with Gasteiger partial charge < -0.3 is 5.11 Å². The molecule has 1 atom stereocenters. The molecule has 0 spiro atoms. The Kier molecular flexibility index (Phi) is 6.54. The molecule has 2 heterocycles. The molecule has 0 bridgehead atoms. The molecule has 2 aliphatic rings. The average molecular weight is 543 g/mol. The summed E-state index contributed by atoms with van der Waals surface area (Å²) in [6.45, 7) is 0. The first kappa shape index (κ1) is 24.8. The molecule has 0 saturated heterocycles. The Labute approximate surface area is 229 Å². The number of benzene rings is 2. The van der Waals surface area contributed by atoms with Crippen LogP contribution in [0.3, 0.4) is 0 Å². The second-order valence-corrected chi connectivity index (χ2v) is 11.5. The van der Waals surface area contributed by atoms with Gasteiger partial charge in [0.25, 0.3) is 0 Å². The first-order valence-corrected chi connectivity index (χ1v) is 13.9. The number of carbonyl (C=O) groups is 1. The molecular formula is C31H24ClFN2O2S. The number of aliphatic carboxylic acids is 1. The largest absolute Gasteiger partial charge is 0.481 e. The number of rotatable bonds is 7. The summed E-state index contributed by atoms with van der Waals surface area (Å²) in [7, 11) is 0. The number of pyridine rings is 2. The van der Waals surface area contributed by atoms with Gasteiger partial charge in [-0.15, -0.1) is 11.8 Å². The van der Waals surface area contributed by atoms with E-state index >= 15 is 0 Å². The summed E-state index contributed by atoms with van der Waals surface area (Å²) in [5.41, 5.74) is 6.70. The zero-order valence-corrected chi connectivity index (χ0v) is 22.0. The second-order valence-electron chi connectivity index (χ2n) is 9.99. The van der Waals surface area contributed by atoms with Gasteiger partial charge in [-0.1, -0.05) is 48.0 Å². The minimum absolute atomic E-state index is 0.0409. The van der Waals surface area contributed by atoms with Crippen molar-refractivity contribution in [1.29, 1.82) is 0 Å². The highest BCUT2D eigenvalue weighted by Crippen LogP contribution is 2.54. The van der Waals surface area contributed by atoms with Crippen LogP contribution >= 0.6 is 23.4 Å². The highest BCUT2D eigenvalue weighted by atomic mass is 35.5. The summed E-state index contributed by atoms with van der Waals surface area (Å²) in [5.74, 6) is -0.389. The van der Waals surface area contributed by atoms with Crippen molar-refractivity contribution in [3.63, 3.8) is 0 Å². The van der Waals surface area contributed by atoms with Crippen LogP contribution in [0, 0.1) is 11.2 Å². The van der Waals surface area contributed by atoms with Crippen LogP contribution in [0.1, 0.15) is 58.2 Å². The van der Waals surface area contributed by atoms with E-state index in [1.54, 1.807) is 12.3 Å². The highest BCUT2D eigenvalue weighted by molar-refractivity contribution is 7.99. The number of thioether (sulfide) groups is 1. The van der Waals surface area contributed by atoms with E-state index < -0.39 is 11.8 Å². The summed E-state index contributed by atoms with van der Waals surface area (Å²) in [6, 6.07) is 17.1. The Balaban J connectivity index is 1.32. The molecule has 2 aromatic heterocycles. The third kappa shape index (κ3) is 5.11. The van der Waals surface area contributed by atoms with E-state index in [0.717, 1.165) is 46.7 Å². The van der Waals surface area contributed by atoms with Gasteiger partial charge in [-0.3, -0.25) is 9.78 Å². The molecule has 7 heteroatoms. The number of carboxylic acids is 1. The van der Waals surface area contributed by atoms with Gasteiger partial charge in [0.15, 0.2) is 0 Å². The third-order valence-corrected chi connectivity index (χ3v) is 9.12. The number of nitrogens with zero attached hydrogens (tertiary/aromatic N) is 2. The van der Waals surface area contributed by atoms with Gasteiger partial charge in [0.05, 0.1) is 33.6 Å². The lowest BCUT2D eigenvalue weighted by Crippen LogP contribution is -2.13. The maximum absolute atomic E-state index is 13.8. The molecule has 0 amide bonds. The number of fused-ring (bicyclic) bond motifs is 3. The first-order chi connectivity index (χ1) is 18.4. The van der Waals surface area contributed by atoms with Crippen LogP contribution in [0.2, 0.25) is 5.02 Å². The maximum atomic E-state index is 13.8. The van der Waals surface area contributed by atoms with Crippen LogP contribution in [0.4, 0.5) is 4.39 Å². The van der Waals surface area contributed by atoms with Crippen LogP contribution in [0.25, 0.3) is 35.2 Å². The van der Waals surface area contributed by atoms with Crippen molar-refractivity contribution in [2.24, 2.45) is 5.41 Å². The Morgan fingerprint density at radius 3 is 2.79 bits per heavy atom. The predicted molar refractivity (Wildman–Crippen MR) is 153 cm³/mol. The molecule has 6 rings (SSSR count). The normalized spacial score (nSPS) is 17.3. The van der Waals surface area contributed by atoms with Crippen LogP contribution in [0.5, 0.6) is 0 Å². The first-order valence-electron chi connectivity index (χ1n) is 12.4. The number of halogens is 2. The van der Waals surface area contributed by atoms with Crippen LogP contribution in [-0.2, 0) is 4.79 Å². The summed E-state index contributed by atoms with van der Waals surface area (Å²) in [4.78, 5) is 20.7. The van der Waals surface area contributed by atoms with E-state index in [2.05, 4.69) is 46.4 Å². The van der Waals surface area contributed by atoms with Crippen molar-refractivity contribution < 1.29 is 14.3 Å². The quantitative estimate of drug-likeness (QED) is 0.255. The Morgan fingerprint density at radius 2 is 1.97 bits per heavy atom. The molecule has 38 heavy (non-hydrogen) atoms. The zero-order chi connectivity index (χ0) is 26.3. The molecule has 0 radical (unpaired) electrons. The van der Waals surface area contributed by atoms with E-state index in [1.165, 1.54) is 11.6 Å². The van der Waals surface area contributed by atoms with E-state index in [-0.39, 0.29) is 22.1 Å². The Hall–Kier alpha value is -3.48. The van der Waals surface area contributed by atoms with Gasteiger partial charge >= 0.3 is 5.97 Å². The number of carboxylic acid groups (broad SMARTS) is 1. The lowest BCUT2D eigenvalue weighted by atomic mass is 9.98. The van der Waals surface area contributed by atoms with E-state index in [4.69, 9.17) is 11.6 Å². The Morgan fingerprint density at radius 1 is 1.11 bits per heavy atom. The van der Waals surface area contributed by atoms with Crippen molar-refractivity contribution in [3.05, 3.63) is 105 Å². The summed E-state index contributed by atoms with van der Waals surface area (Å²) in [6.07, 6.45) is 12.1. The minimum Gasteiger partial charge on any atom is -0.481 e. The van der Waals surface area contributed by atoms with E-state index in [1.807, 2.05) is 42.1 Å². The summed E-state index contributed by atoms with van der Waals surface area (Å²) < 4.78 is 13.8. The van der Waals surface area contributed by atoms with Crippen molar-refractivity contribution in [3.8, 4) is 0 Å². The molecule has 0 aliphatic heterocycles. The van der Waals surface area contributed by atoms with Crippen LogP contribution < -0.4 is 0 Å². The average Bonchev–Trinajstić information content (AvgIpc) is 3.68. The van der Waals surface area contributed by atoms with Crippen molar-refractivity contribution in [2.75, 3.05) is 5.75 Å². The van der Waals surface area contributed by atoms with E-state index in [9.17, 15) is 14.3 Å². The predicted octanol–water partition coefficient (Wildman–Crippen LogP) is 8.15. The minimum atomic E-state index is -0.727. The lowest BCUT2D eigenvalue weighted by Gasteiger charge is -2.22. The Bertz CT molecular complexity index is 1630. The van der Waals surface area contributed by atoms with Gasteiger partial charge in [0.1, 0.15) is 5.82 Å². The number of aromatic nitrogens is 2. The molecule has 2 aliphatic carbocycles. The van der Waals surface area contributed by atoms with Crippen molar-refractivity contribution in [1.82, 2.24) is 9.97 Å². The fourth-order valence-corrected chi connectivity index (χ4v) is 6.75. The van der Waals surface area contributed by atoms with Gasteiger partial charge in [0.2, 0.25) is 0 Å². The number of hydrogen-bond donors (Lipinski definition) is 1. The molecule has 1 fully saturated rings. The standard InChI is InChI=1S/C31H24ClFN2O2S/c32-25-16-28-21(15-26(25)33)6-9-22(35-28)8-4-19-3-5-20-7-10-27-23(2-1-13-34-27)30(24(20)14-19)38-18-31(11-12-31)17-29(36)37/h1-10,13-16,30H,11-12,17-18H2,(H,36,37). The smallest absolute Gasteiger partial charge is 0.303 e. The van der Waals surface area contributed by atoms with Crippen LogP contribution in [0.15, 0.2) is 60.8 Å². The highest BCUT2D eigenvalue weighted by Gasteiger charge is 2.45. The molecule has 2 aromatic carbocycles. The third-order valence-electron chi connectivity index (χ3n) is 7.21. The van der Waals surface area contributed by atoms with Crippen LogP contribution in [-0.4, -0.2) is 26.8 Å². The van der Waals surface area contributed by atoms with Gasteiger partial charge in [-0.25, -0.2) is 9.37 Å². The molecule has 190 valence electrons. The van der Waals surface area contributed by atoms with Crippen molar-refractivity contribution >= 4 is 64.5 Å². The van der Waals surface area contributed by atoms with Crippen molar-refractivity contribution in [2.45, 2.75) is 24.5 Å². The second kappa shape index (κ2) is 10.0. The topological polar surface area (TPSA) is 63.1 Å². The number of hydrogen-bond acceptors (Lipinski definition) is 4. The van der Waals surface area contributed by atoms with Gasteiger partial charge in [0, 0.05) is 17.3 Å². The molecule has 4 nitrogen and oxygen atoms in total. The summed E-state index contributed by atoms with van der Waals surface area (Å²) >= 11 is 7.76. The molecule has 1 saturated carbocycles. The van der Waals surface area contributed by atoms with Gasteiger partial charge in [-0.2, -0.15) is 0 Å². The fraction of sp³-hybridized carbons (Fsp3) is 0.194. The van der Waals surface area contributed by atoms with E-state index in [0.29, 0.717) is 10.9 Å². The molecular weight excluding hydrogens is 519 g/mol. The molecule has 4 aromatic rings. The fourth-order valence-electron chi connectivity index (χ4n) is 4.92. The maximum Gasteiger partial charge on any atom is 0.303 e. The lowest BCUT2D eigenvalue weighted by molar-refractivity contribution is -0.138. The molecule has 1 unspecified atom stereocenters. The zero-order valence-electron chi connectivity index (χ0n) is 20.4. The molecule has 1 N–H and O–H groups in total. The summed E-state index contributed by atoms with van der Waals surface area (Å²) in [5, 5.41) is 10.2.